The van der Waals surface area contributed by atoms with Crippen molar-refractivity contribution >= 4 is 17.4 Å². The fraction of sp³-hybridized carbons (Fsp3) is 0.467. The molecular weight excluding hydrogens is 486 g/mol. The number of rotatable bonds is 12. The number of ketones is 1. The maximum atomic E-state index is 13.4. The summed E-state index contributed by atoms with van der Waals surface area (Å²) in [6.07, 6.45) is 0. The summed E-state index contributed by atoms with van der Waals surface area (Å²) in [5.74, 6) is 0.484. The number of methoxy groups -OCH3 is 2. The normalized spacial score (nSPS) is 17.0. The van der Waals surface area contributed by atoms with Gasteiger partial charge in [0.25, 0.3) is 11.7 Å². The van der Waals surface area contributed by atoms with Crippen LogP contribution in [0.2, 0.25) is 0 Å². The molecule has 1 saturated heterocycles. The Morgan fingerprint density at radius 1 is 0.974 bits per heavy atom. The molecule has 3 rings (SSSR count). The van der Waals surface area contributed by atoms with Gasteiger partial charge in [-0.05, 0) is 60.2 Å². The molecule has 1 N–H and O–H groups in total. The molecule has 1 aliphatic rings. The molecule has 8 nitrogen and oxygen atoms in total. The minimum atomic E-state index is -0.827. The molecule has 2 aromatic carbocycles. The highest BCUT2D eigenvalue weighted by Gasteiger charge is 2.46. The van der Waals surface area contributed by atoms with Crippen molar-refractivity contribution in [1.82, 2.24) is 4.90 Å². The highest BCUT2D eigenvalue weighted by atomic mass is 16.5. The van der Waals surface area contributed by atoms with Crippen molar-refractivity contribution in [2.45, 2.75) is 46.6 Å². The molecular formula is C30H39NO7. The summed E-state index contributed by atoms with van der Waals surface area (Å²) in [5.41, 5.74) is 1.98. The Kier molecular flexibility index (Phi) is 9.80. The zero-order chi connectivity index (χ0) is 28.0. The van der Waals surface area contributed by atoms with Crippen LogP contribution in [-0.2, 0) is 14.3 Å². The number of carbonyl (C=O) groups is 2. The van der Waals surface area contributed by atoms with Gasteiger partial charge in [0, 0.05) is 19.2 Å². The van der Waals surface area contributed by atoms with Crippen molar-refractivity contribution in [3.8, 4) is 17.2 Å². The van der Waals surface area contributed by atoms with Crippen molar-refractivity contribution in [2.24, 2.45) is 5.92 Å². The molecule has 2 aromatic rings. The molecule has 1 aliphatic heterocycles. The SMILES string of the molecule is CCOc1ccc(/C(O)=C2\C(=O)C(=O)N(CCOC)C2c2ccc(OC)c(OCC(C)C)c2)cc1C(C)C. The van der Waals surface area contributed by atoms with Gasteiger partial charge in [-0.3, -0.25) is 9.59 Å². The number of benzene rings is 2. The maximum Gasteiger partial charge on any atom is 0.295 e. The van der Waals surface area contributed by atoms with E-state index in [4.69, 9.17) is 18.9 Å². The molecule has 1 amide bonds. The first kappa shape index (κ1) is 29.0. The van der Waals surface area contributed by atoms with Crippen LogP contribution in [-0.4, -0.2) is 62.3 Å². The second kappa shape index (κ2) is 12.8. The van der Waals surface area contributed by atoms with Gasteiger partial charge in [0.1, 0.15) is 11.5 Å². The lowest BCUT2D eigenvalue weighted by Crippen LogP contribution is -2.32. The van der Waals surface area contributed by atoms with Gasteiger partial charge in [-0.15, -0.1) is 0 Å². The van der Waals surface area contributed by atoms with Gasteiger partial charge in [0.15, 0.2) is 11.5 Å². The average Bonchev–Trinajstić information content (AvgIpc) is 3.15. The Balaban J connectivity index is 2.19. The van der Waals surface area contributed by atoms with E-state index in [2.05, 4.69) is 0 Å². The fourth-order valence-electron chi connectivity index (χ4n) is 4.47. The Labute approximate surface area is 225 Å². The third-order valence-electron chi connectivity index (χ3n) is 6.36. The van der Waals surface area contributed by atoms with E-state index in [1.807, 2.05) is 40.7 Å². The van der Waals surface area contributed by atoms with Gasteiger partial charge < -0.3 is 29.0 Å². The number of Topliss-reactive ketones (excluding diaryl/α,β-unsaturated/α-hetero) is 1. The first-order valence-corrected chi connectivity index (χ1v) is 13.0. The van der Waals surface area contributed by atoms with E-state index in [0.717, 1.165) is 11.3 Å². The zero-order valence-electron chi connectivity index (χ0n) is 23.4. The topological polar surface area (TPSA) is 94.5 Å². The molecule has 0 radical (unpaired) electrons. The molecule has 0 aliphatic carbocycles. The number of carbonyl (C=O) groups excluding carboxylic acids is 2. The van der Waals surface area contributed by atoms with Crippen molar-refractivity contribution < 1.29 is 33.6 Å². The summed E-state index contributed by atoms with van der Waals surface area (Å²) in [6.45, 7) is 11.4. The van der Waals surface area contributed by atoms with Crippen LogP contribution >= 0.6 is 0 Å². The van der Waals surface area contributed by atoms with Crippen LogP contribution in [0.3, 0.4) is 0 Å². The molecule has 206 valence electrons. The summed E-state index contributed by atoms with van der Waals surface area (Å²) < 4.78 is 22.4. The van der Waals surface area contributed by atoms with Crippen LogP contribution in [0.25, 0.3) is 5.76 Å². The third kappa shape index (κ3) is 6.13. The quantitative estimate of drug-likeness (QED) is 0.228. The minimum absolute atomic E-state index is 0.0185. The van der Waals surface area contributed by atoms with Crippen molar-refractivity contribution in [3.63, 3.8) is 0 Å². The van der Waals surface area contributed by atoms with E-state index in [1.165, 1.54) is 12.0 Å². The number of hydrogen-bond acceptors (Lipinski definition) is 7. The molecule has 1 fully saturated rings. The van der Waals surface area contributed by atoms with Crippen LogP contribution in [0.5, 0.6) is 17.2 Å². The van der Waals surface area contributed by atoms with E-state index in [1.54, 1.807) is 37.4 Å². The lowest BCUT2D eigenvalue weighted by atomic mass is 9.93. The molecule has 1 atom stereocenters. The van der Waals surface area contributed by atoms with E-state index < -0.39 is 17.7 Å². The lowest BCUT2D eigenvalue weighted by molar-refractivity contribution is -0.140. The van der Waals surface area contributed by atoms with Gasteiger partial charge in [-0.25, -0.2) is 0 Å². The van der Waals surface area contributed by atoms with Crippen molar-refractivity contribution in [1.29, 1.82) is 0 Å². The summed E-state index contributed by atoms with van der Waals surface area (Å²) >= 11 is 0. The van der Waals surface area contributed by atoms with Gasteiger partial charge in [-0.2, -0.15) is 0 Å². The first-order valence-electron chi connectivity index (χ1n) is 13.0. The number of hydrogen-bond donors (Lipinski definition) is 1. The molecule has 1 unspecified atom stereocenters. The molecule has 38 heavy (non-hydrogen) atoms. The second-order valence-electron chi connectivity index (χ2n) is 9.94. The minimum Gasteiger partial charge on any atom is -0.507 e. The number of ether oxygens (including phenoxy) is 4. The first-order chi connectivity index (χ1) is 18.1. The Morgan fingerprint density at radius 2 is 1.68 bits per heavy atom. The number of likely N-dealkylation sites (tertiary alicyclic amines) is 1. The molecule has 0 spiro atoms. The van der Waals surface area contributed by atoms with Gasteiger partial charge in [0.2, 0.25) is 0 Å². The summed E-state index contributed by atoms with van der Waals surface area (Å²) in [5, 5.41) is 11.5. The summed E-state index contributed by atoms with van der Waals surface area (Å²) in [7, 11) is 3.09. The van der Waals surface area contributed by atoms with Gasteiger partial charge in [0.05, 0.1) is 38.5 Å². The predicted octanol–water partition coefficient (Wildman–Crippen LogP) is 5.32. The number of nitrogens with zero attached hydrogens (tertiary/aromatic N) is 1. The van der Waals surface area contributed by atoms with Crippen LogP contribution in [0.4, 0.5) is 0 Å². The smallest absolute Gasteiger partial charge is 0.295 e. The van der Waals surface area contributed by atoms with E-state index in [-0.39, 0.29) is 36.3 Å². The van der Waals surface area contributed by atoms with Gasteiger partial charge in [-0.1, -0.05) is 33.8 Å². The molecule has 0 aromatic heterocycles. The second-order valence-corrected chi connectivity index (χ2v) is 9.94. The van der Waals surface area contributed by atoms with Crippen molar-refractivity contribution in [2.75, 3.05) is 40.6 Å². The van der Waals surface area contributed by atoms with E-state index in [0.29, 0.717) is 35.8 Å². The summed E-state index contributed by atoms with van der Waals surface area (Å²) in [4.78, 5) is 28.0. The Morgan fingerprint density at radius 3 is 2.29 bits per heavy atom. The third-order valence-corrected chi connectivity index (χ3v) is 6.36. The van der Waals surface area contributed by atoms with Crippen LogP contribution in [0, 0.1) is 5.92 Å². The summed E-state index contributed by atoms with van der Waals surface area (Å²) in [6, 6.07) is 9.77. The lowest BCUT2D eigenvalue weighted by Gasteiger charge is -2.26. The molecule has 0 saturated carbocycles. The molecule has 1 heterocycles. The Hall–Kier alpha value is -3.52. The molecule has 8 heteroatoms. The number of aliphatic hydroxyl groups excluding tert-OH is 1. The predicted molar refractivity (Wildman–Crippen MR) is 146 cm³/mol. The highest BCUT2D eigenvalue weighted by Crippen LogP contribution is 2.42. The largest absolute Gasteiger partial charge is 0.507 e. The zero-order valence-corrected chi connectivity index (χ0v) is 23.4. The maximum absolute atomic E-state index is 13.4. The average molecular weight is 526 g/mol. The standard InChI is InChI=1S/C30H39NO7/c1-8-37-23-11-10-21(15-22(23)19(4)5)28(32)26-27(31(13-14-35-6)30(34)29(26)33)20-9-12-24(36-7)25(16-20)38-17-18(2)3/h9-12,15-16,18-19,27,32H,8,13-14,17H2,1-7H3/b28-26+. The molecule has 0 bridgehead atoms. The number of aliphatic hydroxyl groups is 1. The van der Waals surface area contributed by atoms with E-state index >= 15 is 0 Å². The van der Waals surface area contributed by atoms with Crippen LogP contribution < -0.4 is 14.2 Å². The monoisotopic (exact) mass is 525 g/mol. The van der Waals surface area contributed by atoms with Crippen LogP contribution in [0.1, 0.15) is 63.3 Å². The highest BCUT2D eigenvalue weighted by molar-refractivity contribution is 6.46. The Bertz CT molecular complexity index is 1190. The fourth-order valence-corrected chi connectivity index (χ4v) is 4.47. The van der Waals surface area contributed by atoms with Crippen molar-refractivity contribution in [3.05, 3.63) is 58.7 Å². The number of amides is 1. The van der Waals surface area contributed by atoms with Gasteiger partial charge >= 0.3 is 0 Å². The van der Waals surface area contributed by atoms with E-state index in [9.17, 15) is 14.7 Å². The van der Waals surface area contributed by atoms with Crippen LogP contribution in [0.15, 0.2) is 42.0 Å².